The third-order valence-electron chi connectivity index (χ3n) is 5.55. The minimum atomic E-state index is -0.353. The highest BCUT2D eigenvalue weighted by Crippen LogP contribution is 2.26. The third kappa shape index (κ3) is 5.52. The number of amides is 1. The van der Waals surface area contributed by atoms with Gasteiger partial charge in [0.05, 0.1) is 0 Å². The molecule has 0 aliphatic heterocycles. The molecular weight excluding hydrogens is 430 g/mol. The second-order valence-corrected chi connectivity index (χ2v) is 8.24. The first-order valence-corrected chi connectivity index (χ1v) is 11.3. The summed E-state index contributed by atoms with van der Waals surface area (Å²) in [6.45, 7) is 1.11. The van der Waals surface area contributed by atoms with Gasteiger partial charge in [-0.3, -0.25) is 4.79 Å². The van der Waals surface area contributed by atoms with Crippen LogP contribution >= 0.6 is 11.6 Å². The van der Waals surface area contributed by atoms with Crippen LogP contribution in [0.25, 0.3) is 17.0 Å². The van der Waals surface area contributed by atoms with E-state index in [-0.39, 0.29) is 11.5 Å². The zero-order chi connectivity index (χ0) is 23.0. The topological polar surface area (TPSA) is 57.8 Å². The van der Waals surface area contributed by atoms with Crippen LogP contribution in [0.1, 0.15) is 23.1 Å². The lowest BCUT2D eigenvalue weighted by Gasteiger charge is -2.07. The molecule has 3 aromatic carbocycles. The minimum Gasteiger partial charge on any atom is -0.351 e. The molecule has 33 heavy (non-hydrogen) atoms. The van der Waals surface area contributed by atoms with Crippen molar-refractivity contribution in [1.82, 2.24) is 9.88 Å². The monoisotopic (exact) mass is 453 g/mol. The Hall–Kier alpha value is -3.81. The number of hydrogen-bond donors (Lipinski definition) is 1. The SMILES string of the molecule is N#C/C(=C/c1cn(Cc2ccccc2Cl)c2ccccc12)C(=O)NCCCc1ccccc1. The number of aryl methyl sites for hydroxylation is 1. The fourth-order valence-corrected chi connectivity index (χ4v) is 4.07. The van der Waals surface area contributed by atoms with E-state index in [1.807, 2.05) is 72.9 Å². The van der Waals surface area contributed by atoms with Gasteiger partial charge in [-0.2, -0.15) is 5.26 Å². The van der Waals surface area contributed by atoms with Crippen molar-refractivity contribution in [3.8, 4) is 6.07 Å². The van der Waals surface area contributed by atoms with Gasteiger partial charge >= 0.3 is 0 Å². The normalized spacial score (nSPS) is 11.3. The molecule has 4 aromatic rings. The van der Waals surface area contributed by atoms with Gasteiger partial charge in [0.15, 0.2) is 0 Å². The number of rotatable bonds is 8. The predicted octanol–water partition coefficient (Wildman–Crippen LogP) is 6.00. The Bertz CT molecular complexity index is 1330. The Morgan fingerprint density at radius 2 is 1.73 bits per heavy atom. The van der Waals surface area contributed by atoms with Gasteiger partial charge in [0.25, 0.3) is 5.91 Å². The number of halogens is 1. The molecule has 0 unspecified atom stereocenters. The van der Waals surface area contributed by atoms with Crippen LogP contribution in [-0.2, 0) is 17.8 Å². The molecule has 5 heteroatoms. The van der Waals surface area contributed by atoms with Crippen LogP contribution in [0.2, 0.25) is 5.02 Å². The number of para-hydroxylation sites is 1. The number of aromatic nitrogens is 1. The van der Waals surface area contributed by atoms with Gasteiger partial charge in [0, 0.05) is 40.8 Å². The molecule has 0 radical (unpaired) electrons. The molecule has 1 aromatic heterocycles. The van der Waals surface area contributed by atoms with Gasteiger partial charge in [-0.1, -0.05) is 78.3 Å². The van der Waals surface area contributed by atoms with E-state index in [4.69, 9.17) is 11.6 Å². The summed E-state index contributed by atoms with van der Waals surface area (Å²) in [7, 11) is 0. The van der Waals surface area contributed by atoms with Crippen molar-refractivity contribution in [2.45, 2.75) is 19.4 Å². The van der Waals surface area contributed by atoms with E-state index in [1.165, 1.54) is 5.56 Å². The molecule has 164 valence electrons. The van der Waals surface area contributed by atoms with E-state index < -0.39 is 0 Å². The van der Waals surface area contributed by atoms with Crippen molar-refractivity contribution in [1.29, 1.82) is 5.26 Å². The second-order valence-electron chi connectivity index (χ2n) is 7.84. The largest absolute Gasteiger partial charge is 0.351 e. The summed E-state index contributed by atoms with van der Waals surface area (Å²) in [6.07, 6.45) is 5.32. The van der Waals surface area contributed by atoms with E-state index in [1.54, 1.807) is 6.08 Å². The van der Waals surface area contributed by atoms with Crippen molar-refractivity contribution in [3.63, 3.8) is 0 Å². The molecule has 0 spiro atoms. The zero-order valence-electron chi connectivity index (χ0n) is 18.2. The Labute approximate surface area is 198 Å². The summed E-state index contributed by atoms with van der Waals surface area (Å²) in [5, 5.41) is 14.2. The van der Waals surface area contributed by atoms with Gasteiger partial charge in [-0.25, -0.2) is 0 Å². The molecule has 0 aliphatic rings. The molecule has 0 fully saturated rings. The van der Waals surface area contributed by atoms with Crippen LogP contribution in [0.4, 0.5) is 0 Å². The number of nitrogens with one attached hydrogen (secondary N) is 1. The van der Waals surface area contributed by atoms with Crippen molar-refractivity contribution >= 4 is 34.5 Å². The summed E-state index contributed by atoms with van der Waals surface area (Å²) in [5.74, 6) is -0.353. The smallest absolute Gasteiger partial charge is 0.261 e. The summed E-state index contributed by atoms with van der Waals surface area (Å²) >= 11 is 6.36. The standard InChI is InChI=1S/C28H24ClN3O/c29-26-14-6-4-12-22(26)19-32-20-24(25-13-5-7-15-27(25)32)17-23(18-30)28(33)31-16-8-11-21-9-2-1-3-10-21/h1-7,9-10,12-15,17,20H,8,11,16,19H2,(H,31,33)/b23-17-. The number of fused-ring (bicyclic) bond motifs is 1. The van der Waals surface area contributed by atoms with Crippen LogP contribution in [0, 0.1) is 11.3 Å². The maximum Gasteiger partial charge on any atom is 0.261 e. The molecule has 0 atom stereocenters. The Balaban J connectivity index is 1.51. The minimum absolute atomic E-state index is 0.0929. The molecule has 0 saturated carbocycles. The summed E-state index contributed by atoms with van der Waals surface area (Å²) in [6, 6.07) is 27.9. The highest BCUT2D eigenvalue weighted by atomic mass is 35.5. The number of benzene rings is 3. The van der Waals surface area contributed by atoms with Crippen molar-refractivity contribution in [2.75, 3.05) is 6.54 Å². The summed E-state index contributed by atoms with van der Waals surface area (Å²) < 4.78 is 2.09. The Morgan fingerprint density at radius 3 is 2.52 bits per heavy atom. The molecule has 4 nitrogen and oxygen atoms in total. The summed E-state index contributed by atoms with van der Waals surface area (Å²) in [5.41, 5.74) is 4.18. The van der Waals surface area contributed by atoms with E-state index in [0.29, 0.717) is 18.1 Å². The molecule has 0 bridgehead atoms. The van der Waals surface area contributed by atoms with Gasteiger partial charge < -0.3 is 9.88 Å². The average Bonchev–Trinajstić information content (AvgIpc) is 3.19. The number of nitrogens with zero attached hydrogens (tertiary/aromatic N) is 2. The molecule has 1 amide bonds. The van der Waals surface area contributed by atoms with Crippen molar-refractivity contribution in [2.24, 2.45) is 0 Å². The van der Waals surface area contributed by atoms with Crippen molar-refractivity contribution in [3.05, 3.63) is 112 Å². The molecule has 0 saturated heterocycles. The van der Waals surface area contributed by atoms with Crippen LogP contribution < -0.4 is 5.32 Å². The van der Waals surface area contributed by atoms with Gasteiger partial charge in [0.2, 0.25) is 0 Å². The molecule has 4 rings (SSSR count). The maximum atomic E-state index is 12.6. The van der Waals surface area contributed by atoms with E-state index >= 15 is 0 Å². The Morgan fingerprint density at radius 1 is 1.00 bits per heavy atom. The number of hydrogen-bond acceptors (Lipinski definition) is 2. The van der Waals surface area contributed by atoms with Crippen molar-refractivity contribution < 1.29 is 4.79 Å². The second kappa shape index (κ2) is 10.7. The molecule has 1 heterocycles. The lowest BCUT2D eigenvalue weighted by Crippen LogP contribution is -2.25. The first-order valence-electron chi connectivity index (χ1n) is 10.9. The van der Waals surface area contributed by atoms with Crippen LogP contribution in [-0.4, -0.2) is 17.0 Å². The highest BCUT2D eigenvalue weighted by molar-refractivity contribution is 6.31. The van der Waals surface area contributed by atoms with E-state index in [9.17, 15) is 10.1 Å². The quantitative estimate of drug-likeness (QED) is 0.202. The maximum absolute atomic E-state index is 12.6. The van der Waals surface area contributed by atoms with E-state index in [0.717, 1.165) is 34.9 Å². The zero-order valence-corrected chi connectivity index (χ0v) is 18.9. The average molecular weight is 454 g/mol. The van der Waals surface area contributed by atoms with E-state index in [2.05, 4.69) is 28.1 Å². The number of carbonyl (C=O) groups is 1. The van der Waals surface area contributed by atoms with Crippen LogP contribution in [0.15, 0.2) is 90.6 Å². The van der Waals surface area contributed by atoms with Crippen LogP contribution in [0.5, 0.6) is 0 Å². The lowest BCUT2D eigenvalue weighted by atomic mass is 10.1. The third-order valence-corrected chi connectivity index (χ3v) is 5.92. The fourth-order valence-electron chi connectivity index (χ4n) is 3.87. The summed E-state index contributed by atoms with van der Waals surface area (Å²) in [4.78, 5) is 12.6. The first kappa shape index (κ1) is 22.4. The van der Waals surface area contributed by atoms with Gasteiger partial charge in [0.1, 0.15) is 11.6 Å². The molecule has 1 N–H and O–H groups in total. The number of nitriles is 1. The highest BCUT2D eigenvalue weighted by Gasteiger charge is 2.13. The predicted molar refractivity (Wildman–Crippen MR) is 134 cm³/mol. The van der Waals surface area contributed by atoms with Gasteiger partial charge in [-0.05, 0) is 42.2 Å². The molecular formula is C28H24ClN3O. The van der Waals surface area contributed by atoms with Gasteiger partial charge in [-0.15, -0.1) is 0 Å². The Kier molecular flexibility index (Phi) is 7.24. The number of carbonyl (C=O) groups excluding carboxylic acids is 1. The lowest BCUT2D eigenvalue weighted by molar-refractivity contribution is -0.117. The fraction of sp³-hybridized carbons (Fsp3) is 0.143. The van der Waals surface area contributed by atoms with Crippen LogP contribution in [0.3, 0.4) is 0 Å². The molecule has 0 aliphatic carbocycles. The first-order chi connectivity index (χ1) is 16.2.